The number of nitrogens with zero attached hydrogens (tertiary/aromatic N) is 2. The number of hydrogen-bond donors (Lipinski definition) is 1. The zero-order chi connectivity index (χ0) is 20.9. The zero-order valence-electron chi connectivity index (χ0n) is 17.3. The third-order valence-electron chi connectivity index (χ3n) is 5.94. The molecule has 0 aliphatic carbocycles. The second kappa shape index (κ2) is 9.67. The minimum atomic E-state index is -0.454. The van der Waals surface area contributed by atoms with Gasteiger partial charge in [-0.05, 0) is 75.1 Å². The van der Waals surface area contributed by atoms with Gasteiger partial charge in [0.2, 0.25) is 11.8 Å². The van der Waals surface area contributed by atoms with Gasteiger partial charge < -0.3 is 15.5 Å². The molecular formula is C24H29N3O2S. The standard InChI is InChI=1S/C24H29N3O2S/c25-23(28)19-12-10-18(11-13-19)22-24(29)27(20-8-2-3-9-21(20)30-22)17-5-1-4-14-26-15-6-7-16-26/h2-3,8-13,22H,1,4-7,14-17H2,(H2,25,28). The van der Waals surface area contributed by atoms with E-state index >= 15 is 0 Å². The summed E-state index contributed by atoms with van der Waals surface area (Å²) in [5.41, 5.74) is 7.73. The number of carbonyl (C=O) groups is 2. The normalized spacial score (nSPS) is 19.1. The highest BCUT2D eigenvalue weighted by atomic mass is 32.2. The van der Waals surface area contributed by atoms with Crippen molar-refractivity contribution in [3.05, 3.63) is 59.7 Å². The average Bonchev–Trinajstić information content (AvgIpc) is 3.28. The molecule has 6 heteroatoms. The largest absolute Gasteiger partial charge is 0.366 e. The number of amides is 2. The van der Waals surface area contributed by atoms with Crippen molar-refractivity contribution in [3.63, 3.8) is 0 Å². The van der Waals surface area contributed by atoms with Gasteiger partial charge in [0.15, 0.2) is 0 Å². The molecule has 2 amide bonds. The summed E-state index contributed by atoms with van der Waals surface area (Å²) in [6.07, 6.45) is 5.99. The molecule has 2 aliphatic rings. The Kier molecular flexibility index (Phi) is 6.75. The molecular weight excluding hydrogens is 394 g/mol. The number of likely N-dealkylation sites (tertiary alicyclic amines) is 1. The third kappa shape index (κ3) is 4.71. The van der Waals surface area contributed by atoms with E-state index < -0.39 is 5.91 Å². The van der Waals surface area contributed by atoms with Gasteiger partial charge in [0.05, 0.1) is 5.69 Å². The number of thioether (sulfide) groups is 1. The van der Waals surface area contributed by atoms with Gasteiger partial charge in [0.25, 0.3) is 0 Å². The molecule has 0 radical (unpaired) electrons. The Bertz CT molecular complexity index is 894. The molecule has 0 bridgehead atoms. The van der Waals surface area contributed by atoms with Crippen LogP contribution in [0.2, 0.25) is 0 Å². The Hall–Kier alpha value is -2.31. The molecule has 5 nitrogen and oxygen atoms in total. The third-order valence-corrected chi connectivity index (χ3v) is 7.25. The van der Waals surface area contributed by atoms with E-state index in [9.17, 15) is 9.59 Å². The first kappa shape index (κ1) is 20.9. The number of carbonyl (C=O) groups excluding carboxylic acids is 2. The number of benzene rings is 2. The number of unbranched alkanes of at least 4 members (excludes halogenated alkanes) is 2. The summed E-state index contributed by atoms with van der Waals surface area (Å²) in [6, 6.07) is 15.2. The fourth-order valence-electron chi connectivity index (χ4n) is 4.27. The van der Waals surface area contributed by atoms with Gasteiger partial charge in [-0.25, -0.2) is 0 Å². The topological polar surface area (TPSA) is 66.6 Å². The number of rotatable bonds is 8. The van der Waals surface area contributed by atoms with Gasteiger partial charge in [-0.2, -0.15) is 0 Å². The predicted octanol–water partition coefficient (Wildman–Crippen LogP) is 4.23. The van der Waals surface area contributed by atoms with Crippen LogP contribution in [-0.2, 0) is 4.79 Å². The molecule has 4 rings (SSSR count). The van der Waals surface area contributed by atoms with Gasteiger partial charge in [-0.1, -0.05) is 30.7 Å². The molecule has 158 valence electrons. The van der Waals surface area contributed by atoms with Crippen molar-refractivity contribution < 1.29 is 9.59 Å². The lowest BCUT2D eigenvalue weighted by Crippen LogP contribution is -2.38. The van der Waals surface area contributed by atoms with E-state index in [1.54, 1.807) is 23.9 Å². The molecule has 2 heterocycles. The van der Waals surface area contributed by atoms with Gasteiger partial charge in [0.1, 0.15) is 5.25 Å². The number of primary amides is 1. The Morgan fingerprint density at radius 2 is 1.67 bits per heavy atom. The number of hydrogen-bond acceptors (Lipinski definition) is 4. The maximum Gasteiger partial charge on any atom is 0.248 e. The van der Waals surface area contributed by atoms with Crippen LogP contribution in [0.1, 0.15) is 53.3 Å². The Morgan fingerprint density at radius 1 is 0.967 bits per heavy atom. The summed E-state index contributed by atoms with van der Waals surface area (Å²) in [5.74, 6) is -0.338. The van der Waals surface area contributed by atoms with Crippen LogP contribution >= 0.6 is 11.8 Å². The number of nitrogens with two attached hydrogens (primary N) is 1. The van der Waals surface area contributed by atoms with Crippen LogP contribution in [0.3, 0.4) is 0 Å². The van der Waals surface area contributed by atoms with E-state index in [4.69, 9.17) is 5.73 Å². The summed E-state index contributed by atoms with van der Waals surface area (Å²) in [4.78, 5) is 30.4. The van der Waals surface area contributed by atoms with E-state index in [0.29, 0.717) is 5.56 Å². The molecule has 0 saturated carbocycles. The lowest BCUT2D eigenvalue weighted by molar-refractivity contribution is -0.118. The molecule has 30 heavy (non-hydrogen) atoms. The molecule has 2 aliphatic heterocycles. The van der Waals surface area contributed by atoms with Crippen molar-refractivity contribution in [1.29, 1.82) is 0 Å². The van der Waals surface area contributed by atoms with Crippen LogP contribution in [0.4, 0.5) is 5.69 Å². The van der Waals surface area contributed by atoms with Crippen LogP contribution in [0, 0.1) is 0 Å². The van der Waals surface area contributed by atoms with Crippen molar-refractivity contribution in [2.45, 2.75) is 42.2 Å². The molecule has 1 atom stereocenters. The van der Waals surface area contributed by atoms with E-state index in [1.165, 1.54) is 38.9 Å². The second-order valence-electron chi connectivity index (χ2n) is 8.05. The number of anilines is 1. The average molecular weight is 424 g/mol. The molecule has 0 spiro atoms. The monoisotopic (exact) mass is 423 g/mol. The highest BCUT2D eigenvalue weighted by Gasteiger charge is 2.34. The fraction of sp³-hybridized carbons (Fsp3) is 0.417. The minimum Gasteiger partial charge on any atom is -0.366 e. The smallest absolute Gasteiger partial charge is 0.248 e. The first-order valence-corrected chi connectivity index (χ1v) is 11.7. The molecule has 1 unspecified atom stereocenters. The minimum absolute atomic E-state index is 0.116. The number of para-hydroxylation sites is 1. The van der Waals surface area contributed by atoms with Crippen LogP contribution in [0.5, 0.6) is 0 Å². The summed E-state index contributed by atoms with van der Waals surface area (Å²) in [7, 11) is 0. The number of fused-ring (bicyclic) bond motifs is 1. The highest BCUT2D eigenvalue weighted by molar-refractivity contribution is 8.00. The van der Waals surface area contributed by atoms with E-state index in [2.05, 4.69) is 11.0 Å². The van der Waals surface area contributed by atoms with Crippen molar-refractivity contribution in [3.8, 4) is 0 Å². The second-order valence-corrected chi connectivity index (χ2v) is 9.20. The van der Waals surface area contributed by atoms with Crippen molar-refractivity contribution >= 4 is 29.3 Å². The Balaban J connectivity index is 1.43. The van der Waals surface area contributed by atoms with E-state index in [0.717, 1.165) is 35.5 Å². The lowest BCUT2D eigenvalue weighted by Gasteiger charge is -2.34. The summed E-state index contributed by atoms with van der Waals surface area (Å²) in [6.45, 7) is 4.40. The SMILES string of the molecule is NC(=O)c1ccc(C2Sc3ccccc3N(CCCCCN3CCCC3)C2=O)cc1. The Morgan fingerprint density at radius 3 is 2.40 bits per heavy atom. The lowest BCUT2D eigenvalue weighted by atomic mass is 10.1. The van der Waals surface area contributed by atoms with Gasteiger partial charge >= 0.3 is 0 Å². The Labute approximate surface area is 182 Å². The summed E-state index contributed by atoms with van der Waals surface area (Å²) >= 11 is 1.58. The fourth-order valence-corrected chi connectivity index (χ4v) is 5.50. The van der Waals surface area contributed by atoms with Crippen LogP contribution < -0.4 is 10.6 Å². The molecule has 2 aromatic carbocycles. The summed E-state index contributed by atoms with van der Waals surface area (Å²) < 4.78 is 0. The molecule has 0 aromatic heterocycles. The van der Waals surface area contributed by atoms with Crippen molar-refractivity contribution in [1.82, 2.24) is 4.90 Å². The van der Waals surface area contributed by atoms with E-state index in [1.807, 2.05) is 35.2 Å². The van der Waals surface area contributed by atoms with E-state index in [-0.39, 0.29) is 11.2 Å². The molecule has 2 aromatic rings. The molecule has 1 saturated heterocycles. The van der Waals surface area contributed by atoms with Crippen molar-refractivity contribution in [2.75, 3.05) is 31.1 Å². The van der Waals surface area contributed by atoms with Crippen LogP contribution in [-0.4, -0.2) is 42.9 Å². The van der Waals surface area contributed by atoms with Crippen LogP contribution in [0.15, 0.2) is 53.4 Å². The highest BCUT2D eigenvalue weighted by Crippen LogP contribution is 2.46. The van der Waals surface area contributed by atoms with Crippen LogP contribution in [0.25, 0.3) is 0 Å². The first-order valence-electron chi connectivity index (χ1n) is 10.8. The maximum atomic E-state index is 13.4. The maximum absolute atomic E-state index is 13.4. The zero-order valence-corrected chi connectivity index (χ0v) is 18.1. The van der Waals surface area contributed by atoms with Crippen molar-refractivity contribution in [2.24, 2.45) is 5.73 Å². The first-order chi connectivity index (χ1) is 14.6. The van der Waals surface area contributed by atoms with Gasteiger partial charge in [0, 0.05) is 17.0 Å². The van der Waals surface area contributed by atoms with Gasteiger partial charge in [-0.15, -0.1) is 11.8 Å². The summed E-state index contributed by atoms with van der Waals surface area (Å²) in [5, 5.41) is -0.300. The predicted molar refractivity (Wildman–Crippen MR) is 122 cm³/mol. The van der Waals surface area contributed by atoms with Gasteiger partial charge in [-0.3, -0.25) is 9.59 Å². The quantitative estimate of drug-likeness (QED) is 0.645. The molecule has 1 fully saturated rings. The molecule has 2 N–H and O–H groups in total.